The van der Waals surface area contributed by atoms with E-state index in [0.717, 1.165) is 17.5 Å². The normalized spacial score (nSPS) is 13.5. The summed E-state index contributed by atoms with van der Waals surface area (Å²) in [6, 6.07) is 17.3. The zero-order valence-corrected chi connectivity index (χ0v) is 13.0. The number of halogens is 1. The van der Waals surface area contributed by atoms with Gasteiger partial charge >= 0.3 is 5.97 Å². The lowest BCUT2D eigenvalue weighted by Crippen LogP contribution is -2.26. The Balaban J connectivity index is 2.24. The van der Waals surface area contributed by atoms with Crippen molar-refractivity contribution in [3.63, 3.8) is 0 Å². The van der Waals surface area contributed by atoms with Gasteiger partial charge < -0.3 is 4.74 Å². The lowest BCUT2D eigenvalue weighted by atomic mass is 10.0. The van der Waals surface area contributed by atoms with Gasteiger partial charge in [-0.05, 0) is 17.5 Å². The number of esters is 1. The Kier molecular flexibility index (Phi) is 5.40. The molecule has 0 amide bonds. The molecule has 0 fully saturated rings. The van der Waals surface area contributed by atoms with Gasteiger partial charge in [0.1, 0.15) is 11.1 Å². The molecule has 0 spiro atoms. The number of alkyl halides is 1. The maximum Gasteiger partial charge on any atom is 0.329 e. The second kappa shape index (κ2) is 7.28. The smallest absolute Gasteiger partial charge is 0.329 e. The van der Waals surface area contributed by atoms with Crippen LogP contribution in [0.15, 0.2) is 54.6 Å². The van der Waals surface area contributed by atoms with E-state index in [2.05, 4.69) is 0 Å². The summed E-state index contributed by atoms with van der Waals surface area (Å²) >= 11 is 6.16. The molecule has 0 aliphatic rings. The molecule has 0 radical (unpaired) electrons. The first kappa shape index (κ1) is 15.6. The van der Waals surface area contributed by atoms with Crippen LogP contribution >= 0.6 is 11.6 Å². The molecule has 0 N–H and O–H groups in total. The van der Waals surface area contributed by atoms with Crippen molar-refractivity contribution in [2.45, 2.75) is 25.6 Å². The number of carbonyl (C=O) groups excluding carboxylic acids is 1. The molecule has 0 heterocycles. The standard InChI is InChI=1S/C18H19ClO2/c1-3-13(2)17(19)18(20)21-16-12-8-7-11-15(16)14-9-5-4-6-10-14/h4-13,17H,3H2,1-2H3. The van der Waals surface area contributed by atoms with Crippen LogP contribution in [-0.4, -0.2) is 11.3 Å². The fourth-order valence-electron chi connectivity index (χ4n) is 2.02. The van der Waals surface area contributed by atoms with Crippen LogP contribution in [0, 0.1) is 5.92 Å². The summed E-state index contributed by atoms with van der Waals surface area (Å²) in [5, 5.41) is -0.626. The summed E-state index contributed by atoms with van der Waals surface area (Å²) < 4.78 is 5.51. The van der Waals surface area contributed by atoms with Crippen molar-refractivity contribution in [2.24, 2.45) is 5.92 Å². The second-order valence-corrected chi connectivity index (χ2v) is 5.54. The van der Waals surface area contributed by atoms with Gasteiger partial charge in [0.2, 0.25) is 0 Å². The second-order valence-electron chi connectivity index (χ2n) is 5.07. The topological polar surface area (TPSA) is 26.3 Å². The van der Waals surface area contributed by atoms with E-state index in [0.29, 0.717) is 5.75 Å². The van der Waals surface area contributed by atoms with E-state index in [1.165, 1.54) is 0 Å². The molecule has 2 aromatic rings. The van der Waals surface area contributed by atoms with E-state index in [9.17, 15) is 4.79 Å². The van der Waals surface area contributed by atoms with Gasteiger partial charge in [-0.3, -0.25) is 4.79 Å². The third-order valence-electron chi connectivity index (χ3n) is 3.55. The molecule has 2 rings (SSSR count). The van der Waals surface area contributed by atoms with Crippen LogP contribution in [0.5, 0.6) is 5.75 Å². The molecular formula is C18H19ClO2. The Hall–Kier alpha value is -1.80. The van der Waals surface area contributed by atoms with Crippen LogP contribution in [0.1, 0.15) is 20.3 Å². The zero-order chi connectivity index (χ0) is 15.2. The largest absolute Gasteiger partial charge is 0.425 e. The molecule has 2 aromatic carbocycles. The third kappa shape index (κ3) is 3.85. The minimum atomic E-state index is -0.626. The summed E-state index contributed by atoms with van der Waals surface area (Å²) in [7, 11) is 0. The molecule has 3 heteroatoms. The predicted molar refractivity (Wildman–Crippen MR) is 86.6 cm³/mol. The number of carbonyl (C=O) groups is 1. The van der Waals surface area contributed by atoms with Gasteiger partial charge in [0, 0.05) is 5.56 Å². The molecule has 0 aliphatic heterocycles. The van der Waals surface area contributed by atoms with Gasteiger partial charge in [0.25, 0.3) is 0 Å². The van der Waals surface area contributed by atoms with Gasteiger partial charge in [0.15, 0.2) is 0 Å². The lowest BCUT2D eigenvalue weighted by molar-refractivity contribution is -0.134. The van der Waals surface area contributed by atoms with E-state index in [-0.39, 0.29) is 5.92 Å². The van der Waals surface area contributed by atoms with Crippen molar-refractivity contribution in [3.8, 4) is 16.9 Å². The van der Waals surface area contributed by atoms with E-state index >= 15 is 0 Å². The number of hydrogen-bond donors (Lipinski definition) is 0. The fourth-order valence-corrected chi connectivity index (χ4v) is 2.24. The number of benzene rings is 2. The fraction of sp³-hybridized carbons (Fsp3) is 0.278. The number of rotatable bonds is 5. The van der Waals surface area contributed by atoms with Crippen LogP contribution in [0.4, 0.5) is 0 Å². The van der Waals surface area contributed by atoms with Crippen molar-refractivity contribution in [1.82, 2.24) is 0 Å². The summed E-state index contributed by atoms with van der Waals surface area (Å²) in [5.41, 5.74) is 1.90. The molecule has 2 nitrogen and oxygen atoms in total. The maximum atomic E-state index is 12.1. The van der Waals surface area contributed by atoms with Gasteiger partial charge in [-0.1, -0.05) is 68.8 Å². The summed E-state index contributed by atoms with van der Waals surface area (Å²) in [6.07, 6.45) is 0.837. The first-order valence-corrected chi connectivity index (χ1v) is 7.57. The molecule has 21 heavy (non-hydrogen) atoms. The van der Waals surface area contributed by atoms with Crippen molar-refractivity contribution in [1.29, 1.82) is 0 Å². The highest BCUT2D eigenvalue weighted by molar-refractivity contribution is 6.30. The summed E-state index contributed by atoms with van der Waals surface area (Å²) in [4.78, 5) is 12.1. The molecule has 110 valence electrons. The molecular weight excluding hydrogens is 284 g/mol. The average molecular weight is 303 g/mol. The van der Waals surface area contributed by atoms with Gasteiger partial charge in [-0.25, -0.2) is 0 Å². The summed E-state index contributed by atoms with van der Waals surface area (Å²) in [5.74, 6) is 0.236. The van der Waals surface area contributed by atoms with Crippen molar-refractivity contribution >= 4 is 17.6 Å². The van der Waals surface area contributed by atoms with Gasteiger partial charge in [0.05, 0.1) is 0 Å². The van der Waals surface area contributed by atoms with Crippen LogP contribution in [-0.2, 0) is 4.79 Å². The van der Waals surface area contributed by atoms with E-state index in [1.54, 1.807) is 6.07 Å². The van der Waals surface area contributed by atoms with Crippen molar-refractivity contribution in [2.75, 3.05) is 0 Å². The van der Waals surface area contributed by atoms with E-state index < -0.39 is 11.3 Å². The Morgan fingerprint density at radius 1 is 1.10 bits per heavy atom. The Morgan fingerprint density at radius 2 is 1.71 bits per heavy atom. The zero-order valence-electron chi connectivity index (χ0n) is 12.3. The van der Waals surface area contributed by atoms with Crippen LogP contribution in [0.3, 0.4) is 0 Å². The quantitative estimate of drug-likeness (QED) is 0.445. The van der Waals surface area contributed by atoms with Crippen molar-refractivity contribution < 1.29 is 9.53 Å². The molecule has 2 unspecified atom stereocenters. The molecule has 0 aliphatic carbocycles. The van der Waals surface area contributed by atoms with Gasteiger partial charge in [-0.2, -0.15) is 0 Å². The Bertz CT molecular complexity index is 595. The molecule has 2 atom stereocenters. The SMILES string of the molecule is CCC(C)C(Cl)C(=O)Oc1ccccc1-c1ccccc1. The molecule has 0 bridgehead atoms. The van der Waals surface area contributed by atoms with Crippen molar-refractivity contribution in [3.05, 3.63) is 54.6 Å². The van der Waals surface area contributed by atoms with Gasteiger partial charge in [-0.15, -0.1) is 11.6 Å². The highest BCUT2D eigenvalue weighted by atomic mass is 35.5. The minimum absolute atomic E-state index is 0.0862. The molecule has 0 saturated heterocycles. The Morgan fingerprint density at radius 3 is 2.38 bits per heavy atom. The summed E-state index contributed by atoms with van der Waals surface area (Å²) in [6.45, 7) is 3.95. The monoisotopic (exact) mass is 302 g/mol. The number of ether oxygens (including phenoxy) is 1. The highest BCUT2D eigenvalue weighted by Gasteiger charge is 2.24. The van der Waals surface area contributed by atoms with E-state index in [4.69, 9.17) is 16.3 Å². The minimum Gasteiger partial charge on any atom is -0.425 e. The lowest BCUT2D eigenvalue weighted by Gasteiger charge is -2.16. The van der Waals surface area contributed by atoms with Crippen LogP contribution in [0.25, 0.3) is 11.1 Å². The third-order valence-corrected chi connectivity index (χ3v) is 4.16. The Labute approximate surface area is 130 Å². The average Bonchev–Trinajstić information content (AvgIpc) is 2.54. The first-order valence-electron chi connectivity index (χ1n) is 7.13. The van der Waals surface area contributed by atoms with Crippen LogP contribution in [0.2, 0.25) is 0 Å². The predicted octanol–water partition coefficient (Wildman–Crippen LogP) is 4.91. The van der Waals surface area contributed by atoms with Crippen LogP contribution < -0.4 is 4.74 Å². The maximum absolute atomic E-state index is 12.1. The first-order chi connectivity index (χ1) is 10.1. The molecule has 0 aromatic heterocycles. The number of hydrogen-bond acceptors (Lipinski definition) is 2. The van der Waals surface area contributed by atoms with E-state index in [1.807, 2.05) is 62.4 Å². The highest BCUT2D eigenvalue weighted by Crippen LogP contribution is 2.30. The number of para-hydroxylation sites is 1. The molecule has 0 saturated carbocycles.